The SMILES string of the molecule is CCC(C)C(NC(=O)C1CCCCN1C)C(=O)N(Cc1ccccc1)[C@H](CC(=O)c1nc(C(=O)NCC[C@@H](C(=O)O)c2cc(OC)ccc2C)cs1)C(C)C. The lowest BCUT2D eigenvalue weighted by atomic mass is 9.92. The Bertz CT molecular complexity index is 1780. The first kappa shape index (κ1) is 43.1. The van der Waals surface area contributed by atoms with E-state index in [2.05, 4.69) is 15.6 Å². The van der Waals surface area contributed by atoms with Gasteiger partial charge in [0.15, 0.2) is 10.8 Å². The van der Waals surface area contributed by atoms with Crippen LogP contribution in [0.5, 0.6) is 5.75 Å². The standard InChI is InChI=1S/C42H57N5O7S/c1-8-27(4)37(45-39(50)34-16-12-13-21-46(34)6)41(51)47(24-29-14-10-9-11-15-29)35(26(2)3)23-36(48)40-44-33(25-55-40)38(49)43-20-19-31(42(52)53)32-22-30(54-7)18-17-28(32)5/h9-11,14-15,17-18,22,25-27,31,34-35,37H,8,12-13,16,19-21,23-24H2,1-7H3,(H,43,49)(H,45,50)(H,52,53)/t27?,31-,34?,35-,37?/m1/s1. The molecule has 2 heterocycles. The number of carbonyl (C=O) groups excluding carboxylic acids is 4. The zero-order valence-corrected chi connectivity index (χ0v) is 34.0. The molecule has 0 spiro atoms. The van der Waals surface area contributed by atoms with E-state index in [0.717, 1.165) is 48.3 Å². The molecule has 4 rings (SSSR count). The molecule has 13 heteroatoms. The smallest absolute Gasteiger partial charge is 0.311 e. The second-order valence-electron chi connectivity index (χ2n) is 15.0. The molecule has 2 aromatic carbocycles. The van der Waals surface area contributed by atoms with Gasteiger partial charge in [0.2, 0.25) is 11.8 Å². The maximum Gasteiger partial charge on any atom is 0.311 e. The number of carbonyl (C=O) groups is 5. The van der Waals surface area contributed by atoms with Crippen LogP contribution in [0.2, 0.25) is 0 Å². The van der Waals surface area contributed by atoms with Crippen molar-refractivity contribution < 1.29 is 33.8 Å². The molecule has 0 saturated carbocycles. The van der Waals surface area contributed by atoms with E-state index in [-0.39, 0.29) is 72.1 Å². The number of likely N-dealkylation sites (N-methyl/N-ethyl adjacent to an activating group) is 1. The Morgan fingerprint density at radius 1 is 1.07 bits per heavy atom. The minimum atomic E-state index is -1.01. The fourth-order valence-corrected chi connectivity index (χ4v) is 7.85. The molecule has 298 valence electrons. The summed E-state index contributed by atoms with van der Waals surface area (Å²) in [5.74, 6) is -2.82. The maximum absolute atomic E-state index is 14.7. The van der Waals surface area contributed by atoms with Gasteiger partial charge in [-0.1, -0.05) is 76.9 Å². The highest BCUT2D eigenvalue weighted by molar-refractivity contribution is 7.12. The van der Waals surface area contributed by atoms with Gasteiger partial charge in [0, 0.05) is 30.9 Å². The fourth-order valence-electron chi connectivity index (χ4n) is 7.10. The number of nitrogens with zero attached hydrogens (tertiary/aromatic N) is 3. The van der Waals surface area contributed by atoms with Gasteiger partial charge in [-0.25, -0.2) is 4.98 Å². The highest BCUT2D eigenvalue weighted by Crippen LogP contribution is 2.28. The molecule has 1 aromatic heterocycles. The van der Waals surface area contributed by atoms with Crippen LogP contribution in [0.3, 0.4) is 0 Å². The topological polar surface area (TPSA) is 158 Å². The number of aromatic nitrogens is 1. The molecule has 55 heavy (non-hydrogen) atoms. The molecular formula is C42H57N5O7S. The highest BCUT2D eigenvalue weighted by atomic mass is 32.1. The molecule has 3 amide bonds. The van der Waals surface area contributed by atoms with Crippen molar-refractivity contribution >= 4 is 40.8 Å². The molecule has 3 aromatic rings. The van der Waals surface area contributed by atoms with Gasteiger partial charge in [0.1, 0.15) is 17.5 Å². The van der Waals surface area contributed by atoms with Crippen LogP contribution in [-0.4, -0.2) is 94.7 Å². The van der Waals surface area contributed by atoms with Crippen LogP contribution in [0.15, 0.2) is 53.9 Å². The number of rotatable bonds is 19. The number of likely N-dealkylation sites (tertiary alicyclic amines) is 1. The van der Waals surface area contributed by atoms with Gasteiger partial charge in [-0.05, 0) is 80.4 Å². The summed E-state index contributed by atoms with van der Waals surface area (Å²) in [5.41, 5.74) is 2.37. The number of aryl methyl sites for hydroxylation is 1. The zero-order valence-electron chi connectivity index (χ0n) is 33.2. The van der Waals surface area contributed by atoms with Crippen LogP contribution < -0.4 is 15.4 Å². The summed E-state index contributed by atoms with van der Waals surface area (Å²) in [7, 11) is 3.46. The molecule has 1 saturated heterocycles. The molecule has 1 aliphatic heterocycles. The van der Waals surface area contributed by atoms with E-state index in [4.69, 9.17) is 4.74 Å². The quantitative estimate of drug-likeness (QED) is 0.123. The zero-order chi connectivity index (χ0) is 40.2. The second-order valence-corrected chi connectivity index (χ2v) is 15.8. The van der Waals surface area contributed by atoms with Gasteiger partial charge >= 0.3 is 5.97 Å². The lowest BCUT2D eigenvalue weighted by molar-refractivity contribution is -0.142. The summed E-state index contributed by atoms with van der Waals surface area (Å²) in [6.45, 7) is 10.9. The lowest BCUT2D eigenvalue weighted by Crippen LogP contribution is -2.58. The van der Waals surface area contributed by atoms with Crippen molar-refractivity contribution in [2.75, 3.05) is 27.2 Å². The monoisotopic (exact) mass is 775 g/mol. The minimum absolute atomic E-state index is 0.0302. The first-order valence-electron chi connectivity index (χ1n) is 19.2. The number of ether oxygens (including phenoxy) is 1. The summed E-state index contributed by atoms with van der Waals surface area (Å²) in [5, 5.41) is 17.5. The van der Waals surface area contributed by atoms with E-state index in [1.165, 1.54) is 12.5 Å². The Hall–Kier alpha value is -4.62. The molecule has 0 radical (unpaired) electrons. The van der Waals surface area contributed by atoms with E-state index in [1.54, 1.807) is 23.1 Å². The largest absolute Gasteiger partial charge is 0.497 e. The summed E-state index contributed by atoms with van der Waals surface area (Å²) >= 11 is 1.06. The Labute approximate surface area is 329 Å². The van der Waals surface area contributed by atoms with E-state index < -0.39 is 29.9 Å². The molecule has 5 atom stereocenters. The second kappa shape index (κ2) is 20.3. The number of ketones is 1. The Kier molecular flexibility index (Phi) is 15.9. The third kappa shape index (κ3) is 11.5. The highest BCUT2D eigenvalue weighted by Gasteiger charge is 2.38. The number of benzene rings is 2. The van der Waals surface area contributed by atoms with Crippen molar-refractivity contribution in [1.29, 1.82) is 0 Å². The number of Topliss-reactive ketones (excluding diaryl/α,β-unsaturated/α-hetero) is 1. The van der Waals surface area contributed by atoms with Gasteiger partial charge in [0.25, 0.3) is 5.91 Å². The Morgan fingerprint density at radius 3 is 2.44 bits per heavy atom. The summed E-state index contributed by atoms with van der Waals surface area (Å²) in [6, 6.07) is 13.3. The summed E-state index contributed by atoms with van der Waals surface area (Å²) in [6.07, 6.45) is 3.51. The van der Waals surface area contributed by atoms with E-state index in [0.29, 0.717) is 17.7 Å². The van der Waals surface area contributed by atoms with E-state index >= 15 is 0 Å². The van der Waals surface area contributed by atoms with Crippen molar-refractivity contribution in [1.82, 2.24) is 25.4 Å². The molecular weight excluding hydrogens is 719 g/mol. The van der Waals surface area contributed by atoms with Crippen molar-refractivity contribution in [2.45, 2.75) is 104 Å². The third-order valence-electron chi connectivity index (χ3n) is 10.7. The van der Waals surface area contributed by atoms with Gasteiger partial charge in [-0.2, -0.15) is 0 Å². The average Bonchev–Trinajstić information content (AvgIpc) is 3.68. The number of nitrogens with one attached hydrogen (secondary N) is 2. The number of carboxylic acids is 1. The summed E-state index contributed by atoms with van der Waals surface area (Å²) in [4.78, 5) is 75.7. The van der Waals surface area contributed by atoms with E-state index in [9.17, 15) is 29.1 Å². The third-order valence-corrected chi connectivity index (χ3v) is 11.6. The number of methoxy groups -OCH3 is 1. The molecule has 12 nitrogen and oxygen atoms in total. The number of piperidine rings is 1. The van der Waals surface area contributed by atoms with Gasteiger partial charge in [-0.15, -0.1) is 11.3 Å². The van der Waals surface area contributed by atoms with Crippen LogP contribution in [-0.2, 0) is 20.9 Å². The van der Waals surface area contributed by atoms with Crippen LogP contribution in [0.1, 0.15) is 109 Å². The Balaban J connectivity index is 1.50. The van der Waals surface area contributed by atoms with Gasteiger partial charge < -0.3 is 25.4 Å². The minimum Gasteiger partial charge on any atom is -0.497 e. The molecule has 0 aliphatic carbocycles. The first-order chi connectivity index (χ1) is 26.2. The summed E-state index contributed by atoms with van der Waals surface area (Å²) < 4.78 is 5.28. The van der Waals surface area contributed by atoms with E-state index in [1.807, 2.05) is 76.9 Å². The fraction of sp³-hybridized carbons (Fsp3) is 0.524. The van der Waals surface area contributed by atoms with Crippen molar-refractivity contribution in [2.24, 2.45) is 11.8 Å². The Morgan fingerprint density at radius 2 is 1.80 bits per heavy atom. The predicted molar refractivity (Wildman–Crippen MR) is 213 cm³/mol. The van der Waals surface area contributed by atoms with Crippen molar-refractivity contribution in [3.05, 3.63) is 81.3 Å². The number of hydrogen-bond acceptors (Lipinski definition) is 9. The normalized spacial score (nSPS) is 16.8. The predicted octanol–water partition coefficient (Wildman–Crippen LogP) is 6.09. The van der Waals surface area contributed by atoms with Crippen LogP contribution in [0.25, 0.3) is 0 Å². The lowest BCUT2D eigenvalue weighted by Gasteiger charge is -2.39. The van der Waals surface area contributed by atoms with Crippen molar-refractivity contribution in [3.63, 3.8) is 0 Å². The molecule has 1 fully saturated rings. The number of aliphatic carboxylic acids is 1. The van der Waals surface area contributed by atoms with Crippen LogP contribution in [0.4, 0.5) is 0 Å². The maximum atomic E-state index is 14.7. The van der Waals surface area contributed by atoms with Gasteiger partial charge in [0.05, 0.1) is 19.1 Å². The van der Waals surface area contributed by atoms with Crippen LogP contribution in [0, 0.1) is 18.8 Å². The molecule has 0 bridgehead atoms. The number of hydrogen-bond donors (Lipinski definition) is 3. The number of thiazole rings is 1. The first-order valence-corrected chi connectivity index (χ1v) is 20.1. The molecule has 1 aliphatic rings. The molecule has 3 unspecified atom stereocenters. The molecule has 3 N–H and O–H groups in total. The number of carboxylic acid groups (broad SMARTS) is 1. The number of amides is 3. The average molecular weight is 776 g/mol. The van der Waals surface area contributed by atoms with Gasteiger partial charge in [-0.3, -0.25) is 28.9 Å². The van der Waals surface area contributed by atoms with Crippen molar-refractivity contribution in [3.8, 4) is 5.75 Å². The van der Waals surface area contributed by atoms with Crippen LogP contribution >= 0.6 is 11.3 Å².